The Kier molecular flexibility index (Phi) is 4.41. The first kappa shape index (κ1) is 13.3. The number of piperidine rings is 1. The number of hydrogen-bond acceptors (Lipinski definition) is 4. The van der Waals surface area contributed by atoms with Gasteiger partial charge in [0.15, 0.2) is 0 Å². The van der Waals surface area contributed by atoms with Crippen molar-refractivity contribution in [2.45, 2.75) is 49.9 Å². The van der Waals surface area contributed by atoms with Crippen molar-refractivity contribution in [1.29, 1.82) is 0 Å². The Bertz CT molecular complexity index is 331. The van der Waals surface area contributed by atoms with E-state index in [-0.39, 0.29) is 11.3 Å². The monoisotopic (exact) mass is 262 g/mol. The number of nitrogens with one attached hydrogen (secondary N) is 2. The van der Waals surface area contributed by atoms with Crippen LogP contribution in [0.3, 0.4) is 0 Å². The van der Waals surface area contributed by atoms with E-state index in [0.717, 1.165) is 19.4 Å². The van der Waals surface area contributed by atoms with Crippen LogP contribution in [0.2, 0.25) is 0 Å². The molecule has 0 aromatic heterocycles. The zero-order chi connectivity index (χ0) is 12.3. The summed E-state index contributed by atoms with van der Waals surface area (Å²) in [5.74, 6) is 0. The van der Waals surface area contributed by atoms with Gasteiger partial charge in [0.25, 0.3) is 0 Å². The average molecular weight is 262 g/mol. The van der Waals surface area contributed by atoms with Crippen molar-refractivity contribution in [1.82, 2.24) is 10.0 Å². The lowest BCUT2D eigenvalue weighted by atomic mass is 10.0. The number of hydrogen-bond donors (Lipinski definition) is 2. The molecule has 0 spiro atoms. The standard InChI is InChI=1S/C11H22N2O3S/c1-9-2-3-10(8-12-9)13-17(14,15)11-4-6-16-7-5-11/h9-13H,2-8H2,1H3. The molecule has 0 bridgehead atoms. The second kappa shape index (κ2) is 5.65. The molecule has 2 heterocycles. The topological polar surface area (TPSA) is 67.4 Å². The SMILES string of the molecule is CC1CCC(NS(=O)(=O)C2CCOCC2)CN1. The van der Waals surface area contributed by atoms with Gasteiger partial charge in [0.2, 0.25) is 10.0 Å². The van der Waals surface area contributed by atoms with Crippen molar-refractivity contribution in [3.63, 3.8) is 0 Å². The Morgan fingerprint density at radius 3 is 2.47 bits per heavy atom. The molecule has 0 saturated carbocycles. The van der Waals surface area contributed by atoms with E-state index in [9.17, 15) is 8.42 Å². The van der Waals surface area contributed by atoms with E-state index in [0.29, 0.717) is 32.1 Å². The van der Waals surface area contributed by atoms with Crippen LogP contribution in [0.15, 0.2) is 0 Å². The molecule has 2 aliphatic rings. The van der Waals surface area contributed by atoms with Crippen molar-refractivity contribution in [3.8, 4) is 0 Å². The minimum Gasteiger partial charge on any atom is -0.381 e. The minimum atomic E-state index is -3.17. The van der Waals surface area contributed by atoms with Crippen molar-refractivity contribution in [3.05, 3.63) is 0 Å². The van der Waals surface area contributed by atoms with Crippen LogP contribution in [0, 0.1) is 0 Å². The molecule has 2 atom stereocenters. The van der Waals surface area contributed by atoms with Gasteiger partial charge in [0.05, 0.1) is 5.25 Å². The van der Waals surface area contributed by atoms with Gasteiger partial charge < -0.3 is 10.1 Å². The second-order valence-corrected chi connectivity index (χ2v) is 7.05. The Hall–Kier alpha value is -0.170. The Morgan fingerprint density at radius 1 is 1.18 bits per heavy atom. The lowest BCUT2D eigenvalue weighted by molar-refractivity contribution is 0.0980. The number of ether oxygens (including phenoxy) is 1. The second-order valence-electron chi connectivity index (χ2n) is 5.06. The Balaban J connectivity index is 1.88. The molecule has 6 heteroatoms. The maximum absolute atomic E-state index is 12.1. The van der Waals surface area contributed by atoms with Crippen LogP contribution in [0.5, 0.6) is 0 Å². The highest BCUT2D eigenvalue weighted by Crippen LogP contribution is 2.17. The molecule has 0 amide bonds. The molecule has 2 rings (SSSR count). The van der Waals surface area contributed by atoms with Gasteiger partial charge >= 0.3 is 0 Å². The van der Waals surface area contributed by atoms with Crippen LogP contribution in [0.4, 0.5) is 0 Å². The van der Waals surface area contributed by atoms with Crippen LogP contribution in [-0.2, 0) is 14.8 Å². The van der Waals surface area contributed by atoms with Crippen LogP contribution in [0.1, 0.15) is 32.6 Å². The van der Waals surface area contributed by atoms with Crippen LogP contribution < -0.4 is 10.0 Å². The van der Waals surface area contributed by atoms with Crippen LogP contribution in [0.25, 0.3) is 0 Å². The van der Waals surface area contributed by atoms with Crippen molar-refractivity contribution in [2.24, 2.45) is 0 Å². The van der Waals surface area contributed by atoms with Gasteiger partial charge in [-0.2, -0.15) is 0 Å². The normalized spacial score (nSPS) is 32.5. The van der Waals surface area contributed by atoms with Crippen molar-refractivity contribution >= 4 is 10.0 Å². The smallest absolute Gasteiger partial charge is 0.214 e. The molecule has 2 aliphatic heterocycles. The minimum absolute atomic E-state index is 0.0547. The summed E-state index contributed by atoms with van der Waals surface area (Å²) in [4.78, 5) is 0. The Morgan fingerprint density at radius 2 is 1.88 bits per heavy atom. The molecular formula is C11H22N2O3S. The third-order valence-electron chi connectivity index (χ3n) is 3.60. The molecule has 2 unspecified atom stereocenters. The predicted octanol–water partition coefficient (Wildman–Crippen LogP) is 0.225. The number of rotatable bonds is 3. The molecule has 2 saturated heterocycles. The quantitative estimate of drug-likeness (QED) is 0.764. The lowest BCUT2D eigenvalue weighted by Crippen LogP contribution is -2.51. The summed E-state index contributed by atoms with van der Waals surface area (Å²) < 4.78 is 32.3. The molecule has 5 nitrogen and oxygen atoms in total. The summed E-state index contributed by atoms with van der Waals surface area (Å²) in [5, 5.41) is 3.04. The largest absolute Gasteiger partial charge is 0.381 e. The third kappa shape index (κ3) is 3.64. The third-order valence-corrected chi connectivity index (χ3v) is 5.61. The maximum Gasteiger partial charge on any atom is 0.214 e. The van der Waals surface area contributed by atoms with E-state index in [1.54, 1.807) is 0 Å². The highest BCUT2D eigenvalue weighted by Gasteiger charge is 2.30. The Labute approximate surface area is 103 Å². The highest BCUT2D eigenvalue weighted by molar-refractivity contribution is 7.90. The van der Waals surface area contributed by atoms with Gasteiger partial charge in [-0.3, -0.25) is 0 Å². The summed E-state index contributed by atoms with van der Waals surface area (Å²) in [6.45, 7) is 3.99. The highest BCUT2D eigenvalue weighted by atomic mass is 32.2. The zero-order valence-corrected chi connectivity index (χ0v) is 11.1. The molecule has 0 aliphatic carbocycles. The first-order chi connectivity index (χ1) is 8.08. The molecule has 17 heavy (non-hydrogen) atoms. The molecule has 2 fully saturated rings. The molecule has 0 radical (unpaired) electrons. The fourth-order valence-corrected chi connectivity index (χ4v) is 4.09. The van der Waals surface area contributed by atoms with Gasteiger partial charge in [-0.1, -0.05) is 0 Å². The van der Waals surface area contributed by atoms with Crippen LogP contribution in [-0.4, -0.2) is 45.5 Å². The fourth-order valence-electron chi connectivity index (χ4n) is 2.41. The summed E-state index contributed by atoms with van der Waals surface area (Å²) in [7, 11) is -3.17. The zero-order valence-electron chi connectivity index (χ0n) is 10.3. The van der Waals surface area contributed by atoms with Crippen LogP contribution >= 0.6 is 0 Å². The summed E-state index contributed by atoms with van der Waals surface area (Å²) >= 11 is 0. The molecule has 2 N–H and O–H groups in total. The lowest BCUT2D eigenvalue weighted by Gasteiger charge is -2.30. The first-order valence-electron chi connectivity index (χ1n) is 6.40. The van der Waals surface area contributed by atoms with E-state index in [1.165, 1.54) is 0 Å². The maximum atomic E-state index is 12.1. The van der Waals surface area contributed by atoms with E-state index in [4.69, 9.17) is 4.74 Å². The number of sulfonamides is 1. The van der Waals surface area contributed by atoms with E-state index < -0.39 is 10.0 Å². The van der Waals surface area contributed by atoms with Crippen molar-refractivity contribution < 1.29 is 13.2 Å². The van der Waals surface area contributed by atoms with E-state index in [2.05, 4.69) is 17.0 Å². The summed E-state index contributed by atoms with van der Waals surface area (Å²) in [6.07, 6.45) is 3.19. The van der Waals surface area contributed by atoms with E-state index >= 15 is 0 Å². The molecule has 0 aromatic carbocycles. The average Bonchev–Trinajstić information content (AvgIpc) is 2.33. The summed E-state index contributed by atoms with van der Waals surface area (Å²) in [6, 6.07) is 0.554. The molecule has 100 valence electrons. The first-order valence-corrected chi connectivity index (χ1v) is 7.95. The van der Waals surface area contributed by atoms with Gasteiger partial charge in [-0.05, 0) is 32.6 Å². The molecular weight excluding hydrogens is 240 g/mol. The van der Waals surface area contributed by atoms with Gasteiger partial charge in [0, 0.05) is 31.8 Å². The van der Waals surface area contributed by atoms with Gasteiger partial charge in [-0.25, -0.2) is 13.1 Å². The van der Waals surface area contributed by atoms with Gasteiger partial charge in [-0.15, -0.1) is 0 Å². The predicted molar refractivity (Wildman–Crippen MR) is 66.4 cm³/mol. The van der Waals surface area contributed by atoms with E-state index in [1.807, 2.05) is 0 Å². The van der Waals surface area contributed by atoms with Crippen molar-refractivity contribution in [2.75, 3.05) is 19.8 Å². The van der Waals surface area contributed by atoms with Gasteiger partial charge in [0.1, 0.15) is 0 Å². The molecule has 0 aromatic rings. The fraction of sp³-hybridized carbons (Fsp3) is 1.00. The summed E-state index contributed by atoms with van der Waals surface area (Å²) in [5.41, 5.74) is 0.